The Balaban J connectivity index is 1.03. The summed E-state index contributed by atoms with van der Waals surface area (Å²) in [6.45, 7) is 4.63. The van der Waals surface area contributed by atoms with E-state index in [0.29, 0.717) is 0 Å². The monoisotopic (exact) mass is 758 g/mol. The van der Waals surface area contributed by atoms with Gasteiger partial charge in [0.1, 0.15) is 22.8 Å². The lowest BCUT2D eigenvalue weighted by Crippen LogP contribution is -2.36. The van der Waals surface area contributed by atoms with Crippen molar-refractivity contribution in [2.75, 3.05) is 0 Å². The highest BCUT2D eigenvalue weighted by Crippen LogP contribution is 2.50. The van der Waals surface area contributed by atoms with Crippen LogP contribution in [0.5, 0.6) is 0 Å². The Kier molecular flexibility index (Phi) is 7.27. The molecule has 0 amide bonds. The molecule has 1 atom stereocenters. The van der Waals surface area contributed by atoms with Crippen molar-refractivity contribution in [2.24, 2.45) is 9.98 Å². The van der Waals surface area contributed by atoms with E-state index in [-0.39, 0.29) is 5.41 Å². The lowest BCUT2D eigenvalue weighted by Gasteiger charge is -2.25. The van der Waals surface area contributed by atoms with Crippen molar-refractivity contribution >= 4 is 55.4 Å². The van der Waals surface area contributed by atoms with Crippen LogP contribution in [-0.4, -0.2) is 16.2 Å². The summed E-state index contributed by atoms with van der Waals surface area (Å²) >= 11 is 0. The molecule has 8 aromatic carbocycles. The average Bonchev–Trinajstić information content (AvgIpc) is 3.92. The Labute approximate surface area is 341 Å². The van der Waals surface area contributed by atoms with Crippen LogP contribution < -0.4 is 5.32 Å². The van der Waals surface area contributed by atoms with Gasteiger partial charge in [-0.15, -0.1) is 0 Å². The van der Waals surface area contributed by atoms with Crippen molar-refractivity contribution in [3.63, 3.8) is 0 Å². The molecule has 2 aromatic heterocycles. The smallest absolute Gasteiger partial charge is 0.170 e. The summed E-state index contributed by atoms with van der Waals surface area (Å²) in [5.41, 5.74) is 15.5. The van der Waals surface area contributed by atoms with Crippen molar-refractivity contribution in [3.8, 4) is 27.9 Å². The first-order valence-electron chi connectivity index (χ1n) is 20.3. The van der Waals surface area contributed by atoms with E-state index in [2.05, 4.69) is 200 Å². The Hall–Kier alpha value is -7.50. The molecule has 280 valence electrons. The van der Waals surface area contributed by atoms with Crippen molar-refractivity contribution in [2.45, 2.75) is 25.4 Å². The maximum atomic E-state index is 6.58. The van der Waals surface area contributed by atoms with Crippen LogP contribution in [0.15, 0.2) is 196 Å². The molecule has 0 saturated carbocycles. The van der Waals surface area contributed by atoms with E-state index in [4.69, 9.17) is 14.4 Å². The van der Waals surface area contributed by atoms with Crippen molar-refractivity contribution < 1.29 is 4.42 Å². The van der Waals surface area contributed by atoms with E-state index in [1.54, 1.807) is 0 Å². The lowest BCUT2D eigenvalue weighted by molar-refractivity contribution is 0.660. The van der Waals surface area contributed by atoms with Gasteiger partial charge in [0.25, 0.3) is 0 Å². The molecule has 2 aliphatic rings. The van der Waals surface area contributed by atoms with Gasteiger partial charge in [-0.25, -0.2) is 9.98 Å². The normalized spacial score (nSPS) is 15.6. The number of benzene rings is 8. The minimum atomic E-state index is -0.518. The third kappa shape index (κ3) is 5.11. The summed E-state index contributed by atoms with van der Waals surface area (Å²) in [6.07, 6.45) is -0.518. The third-order valence-corrected chi connectivity index (χ3v) is 12.5. The predicted molar refractivity (Wildman–Crippen MR) is 243 cm³/mol. The molecule has 5 heteroatoms. The Bertz CT molecular complexity index is 3390. The number of rotatable bonds is 5. The highest BCUT2D eigenvalue weighted by molar-refractivity contribution is 6.19. The highest BCUT2D eigenvalue weighted by Gasteiger charge is 2.38. The maximum absolute atomic E-state index is 6.58. The average molecular weight is 759 g/mol. The molecule has 10 aromatic rings. The van der Waals surface area contributed by atoms with Crippen LogP contribution in [0.3, 0.4) is 0 Å². The van der Waals surface area contributed by atoms with Gasteiger partial charge in [-0.2, -0.15) is 0 Å². The number of nitrogens with zero attached hydrogens (tertiary/aromatic N) is 3. The molecular formula is C54H38N4O. The fourth-order valence-electron chi connectivity index (χ4n) is 9.68. The summed E-state index contributed by atoms with van der Waals surface area (Å²) < 4.78 is 8.94. The van der Waals surface area contributed by atoms with Gasteiger partial charge in [-0.05, 0) is 81.9 Å². The van der Waals surface area contributed by atoms with Gasteiger partial charge >= 0.3 is 0 Å². The number of para-hydroxylation sites is 2. The first kappa shape index (κ1) is 33.6. The number of fused-ring (bicyclic) bond motifs is 9. The van der Waals surface area contributed by atoms with E-state index in [9.17, 15) is 0 Å². The van der Waals surface area contributed by atoms with Gasteiger partial charge in [0, 0.05) is 49.3 Å². The molecule has 0 fully saturated rings. The van der Waals surface area contributed by atoms with Crippen molar-refractivity contribution in [3.05, 3.63) is 210 Å². The van der Waals surface area contributed by atoms with E-state index in [1.165, 1.54) is 44.1 Å². The zero-order valence-electron chi connectivity index (χ0n) is 32.6. The van der Waals surface area contributed by atoms with Crippen LogP contribution in [-0.2, 0) is 5.41 Å². The van der Waals surface area contributed by atoms with Crippen LogP contribution >= 0.6 is 0 Å². The number of aromatic nitrogens is 1. The molecule has 12 rings (SSSR count). The van der Waals surface area contributed by atoms with Crippen LogP contribution in [0.1, 0.15) is 47.8 Å². The molecule has 1 aliphatic carbocycles. The fraction of sp³-hybridized carbons (Fsp3) is 0.0741. The van der Waals surface area contributed by atoms with Crippen LogP contribution in [0.4, 0.5) is 0 Å². The second-order valence-corrected chi connectivity index (χ2v) is 16.2. The summed E-state index contributed by atoms with van der Waals surface area (Å²) in [4.78, 5) is 10.8. The number of nitrogens with one attached hydrogen (secondary N) is 1. The van der Waals surface area contributed by atoms with Gasteiger partial charge in [-0.3, -0.25) is 0 Å². The molecule has 0 spiro atoms. The van der Waals surface area contributed by atoms with E-state index in [0.717, 1.165) is 67.1 Å². The minimum absolute atomic E-state index is 0.130. The van der Waals surface area contributed by atoms with Gasteiger partial charge in [0.05, 0.1) is 11.0 Å². The van der Waals surface area contributed by atoms with E-state index < -0.39 is 6.17 Å². The van der Waals surface area contributed by atoms with Gasteiger partial charge in [-0.1, -0.05) is 147 Å². The summed E-state index contributed by atoms with van der Waals surface area (Å²) in [7, 11) is 0. The molecular weight excluding hydrogens is 721 g/mol. The second-order valence-electron chi connectivity index (χ2n) is 16.2. The molecule has 0 radical (unpaired) electrons. The number of amidine groups is 2. The van der Waals surface area contributed by atoms with Crippen LogP contribution in [0, 0.1) is 0 Å². The Morgan fingerprint density at radius 2 is 1.17 bits per heavy atom. The second kappa shape index (κ2) is 12.8. The molecule has 1 aliphatic heterocycles. The van der Waals surface area contributed by atoms with Gasteiger partial charge in [0.15, 0.2) is 6.17 Å². The fourth-order valence-corrected chi connectivity index (χ4v) is 9.68. The van der Waals surface area contributed by atoms with Crippen LogP contribution in [0.2, 0.25) is 0 Å². The summed E-state index contributed by atoms with van der Waals surface area (Å²) in [6, 6.07) is 64.7. The maximum Gasteiger partial charge on any atom is 0.170 e. The molecule has 0 bridgehead atoms. The van der Waals surface area contributed by atoms with E-state index >= 15 is 0 Å². The molecule has 3 heterocycles. The first-order chi connectivity index (χ1) is 29.0. The molecule has 59 heavy (non-hydrogen) atoms. The van der Waals surface area contributed by atoms with Crippen molar-refractivity contribution in [1.29, 1.82) is 0 Å². The van der Waals surface area contributed by atoms with Gasteiger partial charge < -0.3 is 14.3 Å². The Morgan fingerprint density at radius 1 is 0.508 bits per heavy atom. The highest BCUT2D eigenvalue weighted by atomic mass is 16.3. The molecule has 1 unspecified atom stereocenters. The summed E-state index contributed by atoms with van der Waals surface area (Å²) in [5, 5.41) is 8.22. The zero-order valence-corrected chi connectivity index (χ0v) is 32.6. The molecule has 5 nitrogen and oxygen atoms in total. The number of aliphatic imine (C=N–C) groups is 2. The predicted octanol–water partition coefficient (Wildman–Crippen LogP) is 13.2. The van der Waals surface area contributed by atoms with Gasteiger partial charge in [0.2, 0.25) is 0 Å². The number of hydrogen-bond acceptors (Lipinski definition) is 4. The first-order valence-corrected chi connectivity index (χ1v) is 20.3. The van der Waals surface area contributed by atoms with Crippen molar-refractivity contribution in [1.82, 2.24) is 9.88 Å². The SMILES string of the molecule is CC1(C)c2ccccc2-c2c(C3=NC(c4cccc5oc6ccc(-c7ccc8c(c7)c7ccccc7n8-c7ccccc7)cc6c45)N=C(c4ccccc4)N3)cccc21. The minimum Gasteiger partial charge on any atom is -0.456 e. The molecule has 1 N–H and O–H groups in total. The molecule has 0 saturated heterocycles. The topological polar surface area (TPSA) is 54.8 Å². The quantitative estimate of drug-likeness (QED) is 0.190. The zero-order chi connectivity index (χ0) is 39.2. The summed E-state index contributed by atoms with van der Waals surface area (Å²) in [5.74, 6) is 1.60. The van der Waals surface area contributed by atoms with Crippen LogP contribution in [0.25, 0.3) is 71.7 Å². The third-order valence-electron chi connectivity index (χ3n) is 12.5. The number of hydrogen-bond donors (Lipinski definition) is 1. The number of furan rings is 1. The lowest BCUT2D eigenvalue weighted by atomic mass is 9.82. The standard InChI is InChI=1S/C54H38N4O/c1-54(2)43-23-11-9-20-38(43)49-39(21-13-24-44(49)54)52-55-51(33-15-5-3-6-16-33)56-53(57-52)40-22-14-26-48-50(40)42-32-35(28-30-47(42)59-48)34-27-29-46-41(31-34)37-19-10-12-25-45(37)58(46)36-17-7-4-8-18-36/h3-32,53H,1-2H3,(H,55,56,57). The van der Waals surface area contributed by atoms with E-state index in [1.807, 2.05) is 6.07 Å². The Morgan fingerprint density at radius 3 is 2.03 bits per heavy atom. The largest absolute Gasteiger partial charge is 0.456 e.